The predicted octanol–water partition coefficient (Wildman–Crippen LogP) is 3.70. The van der Waals surface area contributed by atoms with Crippen LogP contribution < -0.4 is 5.32 Å². The van der Waals surface area contributed by atoms with E-state index >= 15 is 0 Å². The molecule has 2 aromatic carbocycles. The van der Waals surface area contributed by atoms with Crippen molar-refractivity contribution >= 4 is 43.8 Å². The number of aromatic nitrogens is 3. The van der Waals surface area contributed by atoms with Gasteiger partial charge in [0.15, 0.2) is 11.4 Å². The molecule has 9 nitrogen and oxygen atoms in total. The third kappa shape index (κ3) is 5.40. The molecule has 3 heterocycles. The van der Waals surface area contributed by atoms with E-state index in [1.165, 1.54) is 12.4 Å². The first-order valence-corrected chi connectivity index (χ1v) is 14.9. The molecule has 1 aliphatic heterocycles. The first-order chi connectivity index (χ1) is 18.2. The molecule has 0 bridgehead atoms. The van der Waals surface area contributed by atoms with Gasteiger partial charge in [0.1, 0.15) is 22.3 Å². The van der Waals surface area contributed by atoms with Crippen LogP contribution in [0.1, 0.15) is 24.0 Å². The van der Waals surface area contributed by atoms with Crippen molar-refractivity contribution in [2.45, 2.75) is 36.5 Å². The van der Waals surface area contributed by atoms with Crippen molar-refractivity contribution in [2.75, 3.05) is 25.0 Å². The number of piperidine rings is 1. The second-order valence-electron chi connectivity index (χ2n) is 9.48. The summed E-state index contributed by atoms with van der Waals surface area (Å²) in [6.45, 7) is 5.16. The molecule has 0 spiro atoms. The van der Waals surface area contributed by atoms with Crippen molar-refractivity contribution in [2.24, 2.45) is 5.92 Å². The average Bonchev–Trinajstić information content (AvgIpc) is 3.36. The molecule has 1 fully saturated rings. The van der Waals surface area contributed by atoms with Gasteiger partial charge in [0, 0.05) is 25.2 Å². The number of nitrogens with one attached hydrogen (secondary N) is 1. The lowest BCUT2D eigenvalue weighted by atomic mass is 9.93. The van der Waals surface area contributed by atoms with Crippen LogP contribution in [0.5, 0.6) is 0 Å². The van der Waals surface area contributed by atoms with Gasteiger partial charge in [0.2, 0.25) is 0 Å². The summed E-state index contributed by atoms with van der Waals surface area (Å²) in [5.41, 5.74) is 2.71. The first kappa shape index (κ1) is 26.2. The summed E-state index contributed by atoms with van der Waals surface area (Å²) in [4.78, 5) is 22.6. The number of anilines is 1. The summed E-state index contributed by atoms with van der Waals surface area (Å²) in [6.07, 6.45) is 4.15. The minimum atomic E-state index is -3.81. The van der Waals surface area contributed by atoms with Gasteiger partial charge in [-0.05, 0) is 57.0 Å². The summed E-state index contributed by atoms with van der Waals surface area (Å²) >= 11 is 0. The Labute approximate surface area is 224 Å². The summed E-state index contributed by atoms with van der Waals surface area (Å²) in [5.74, 6) is 0.340. The molecule has 198 valence electrons. The quantitative estimate of drug-likeness (QED) is 0.355. The van der Waals surface area contributed by atoms with Crippen LogP contribution in [0.3, 0.4) is 0 Å². The number of Topliss-reactive ketones (excluding diaryl/α,β-unsaturated/α-hetero) is 1. The summed E-state index contributed by atoms with van der Waals surface area (Å²) in [5, 5.41) is 3.03. The number of aryl methyl sites for hydroxylation is 2. The van der Waals surface area contributed by atoms with E-state index < -0.39 is 21.0 Å². The first-order valence-electron chi connectivity index (χ1n) is 12.4. The molecule has 1 atom stereocenters. The van der Waals surface area contributed by atoms with Crippen LogP contribution in [-0.4, -0.2) is 56.3 Å². The summed E-state index contributed by atoms with van der Waals surface area (Å²) < 4.78 is 42.0. The zero-order valence-electron chi connectivity index (χ0n) is 21.2. The van der Waals surface area contributed by atoms with Crippen LogP contribution in [0.25, 0.3) is 11.2 Å². The Kier molecular flexibility index (Phi) is 7.42. The van der Waals surface area contributed by atoms with Crippen LogP contribution in [0.15, 0.2) is 76.8 Å². The molecule has 38 heavy (non-hydrogen) atoms. The highest BCUT2D eigenvalue weighted by atomic mass is 32.2. The highest BCUT2D eigenvalue weighted by Gasteiger charge is 2.28. The number of hydrogen-bond acceptors (Lipinski definition) is 7. The number of carbonyl (C=O) groups excluding carboxylic acids is 1. The van der Waals surface area contributed by atoms with Crippen LogP contribution in [0.4, 0.5) is 5.82 Å². The van der Waals surface area contributed by atoms with E-state index in [-0.39, 0.29) is 28.8 Å². The average molecular weight is 552 g/mol. The smallest absolute Gasteiger partial charge is 0.269 e. The topological polar surface area (TPSA) is 114 Å². The minimum absolute atomic E-state index is 0.0622. The lowest BCUT2D eigenvalue weighted by Gasteiger charge is -2.30. The van der Waals surface area contributed by atoms with Crippen LogP contribution >= 0.6 is 0 Å². The number of benzene rings is 2. The summed E-state index contributed by atoms with van der Waals surface area (Å²) in [7, 11) is -5.04. The molecule has 0 radical (unpaired) electrons. The number of carbonyl (C=O) groups is 1. The van der Waals surface area contributed by atoms with Gasteiger partial charge in [0.25, 0.3) is 10.0 Å². The molecular weight excluding hydrogens is 522 g/mol. The Morgan fingerprint density at radius 2 is 1.63 bits per heavy atom. The second kappa shape index (κ2) is 10.8. The highest BCUT2D eigenvalue weighted by Crippen LogP contribution is 2.24. The highest BCUT2D eigenvalue weighted by molar-refractivity contribution is 7.90. The number of ketones is 1. The van der Waals surface area contributed by atoms with E-state index in [0.29, 0.717) is 37.3 Å². The molecule has 1 saturated heterocycles. The lowest BCUT2D eigenvalue weighted by molar-refractivity contribution is -0.122. The number of rotatable bonds is 8. The molecule has 0 amide bonds. The number of nitrogens with zero attached hydrogens (tertiary/aromatic N) is 4. The molecule has 1 unspecified atom stereocenters. The second-order valence-corrected chi connectivity index (χ2v) is 12.8. The van der Waals surface area contributed by atoms with Gasteiger partial charge >= 0.3 is 0 Å². The predicted molar refractivity (Wildman–Crippen MR) is 147 cm³/mol. The largest absolute Gasteiger partial charge is 0.362 e. The maximum Gasteiger partial charge on any atom is 0.269 e. The standard InChI is InChI=1S/C27H29N5O4S2/c1-19-3-7-22(8-4-19)37(34)31-14-11-21(12-15-31)25(33)17-28-26-18-29-27-24(30-26)13-16-32(27)38(35,36)23-9-5-20(2)6-10-23/h3-10,13,16,18,21H,11-12,14-15,17H2,1-2H3,(H,28,30). The van der Waals surface area contributed by atoms with Gasteiger partial charge in [-0.2, -0.15) is 0 Å². The maximum atomic E-state index is 13.1. The Morgan fingerprint density at radius 3 is 2.29 bits per heavy atom. The molecule has 1 aliphatic rings. The van der Waals surface area contributed by atoms with E-state index in [2.05, 4.69) is 15.3 Å². The fourth-order valence-corrected chi connectivity index (χ4v) is 6.97. The summed E-state index contributed by atoms with van der Waals surface area (Å²) in [6, 6.07) is 15.9. The molecule has 5 rings (SSSR count). The Bertz CT molecular complexity index is 1590. The van der Waals surface area contributed by atoms with Gasteiger partial charge in [-0.3, -0.25) is 4.79 Å². The van der Waals surface area contributed by atoms with E-state index in [4.69, 9.17) is 0 Å². The van der Waals surface area contributed by atoms with Crippen molar-refractivity contribution in [3.05, 3.63) is 78.1 Å². The van der Waals surface area contributed by atoms with Crippen LogP contribution in [0, 0.1) is 19.8 Å². The zero-order valence-corrected chi connectivity index (χ0v) is 22.8. The molecule has 2 aromatic heterocycles. The van der Waals surface area contributed by atoms with Gasteiger partial charge < -0.3 is 5.32 Å². The lowest BCUT2D eigenvalue weighted by Crippen LogP contribution is -2.38. The minimum Gasteiger partial charge on any atom is -0.362 e. The molecule has 1 N–H and O–H groups in total. The van der Waals surface area contributed by atoms with Gasteiger partial charge in [-0.15, -0.1) is 0 Å². The fourth-order valence-electron chi connectivity index (χ4n) is 4.46. The third-order valence-electron chi connectivity index (χ3n) is 6.74. The Morgan fingerprint density at radius 1 is 1.00 bits per heavy atom. The van der Waals surface area contributed by atoms with Crippen LogP contribution in [-0.2, 0) is 25.8 Å². The van der Waals surface area contributed by atoms with E-state index in [9.17, 15) is 17.4 Å². The van der Waals surface area contributed by atoms with E-state index in [1.54, 1.807) is 30.3 Å². The van der Waals surface area contributed by atoms with Gasteiger partial charge in [0.05, 0.1) is 22.5 Å². The Hall–Kier alpha value is -3.41. The van der Waals surface area contributed by atoms with Crippen molar-refractivity contribution in [3.8, 4) is 0 Å². The molecule has 4 aromatic rings. The van der Waals surface area contributed by atoms with Gasteiger partial charge in [-0.1, -0.05) is 35.4 Å². The van der Waals surface area contributed by atoms with Crippen molar-refractivity contribution in [1.29, 1.82) is 0 Å². The third-order valence-corrected chi connectivity index (χ3v) is 9.93. The molecular formula is C27H29N5O4S2. The van der Waals surface area contributed by atoms with E-state index in [0.717, 1.165) is 20.0 Å². The number of fused-ring (bicyclic) bond motifs is 1. The zero-order chi connectivity index (χ0) is 26.9. The fraction of sp³-hybridized carbons (Fsp3) is 0.296. The Balaban J connectivity index is 1.19. The van der Waals surface area contributed by atoms with Gasteiger partial charge in [-0.25, -0.2) is 30.9 Å². The molecule has 11 heteroatoms. The van der Waals surface area contributed by atoms with E-state index in [1.807, 2.05) is 42.4 Å². The van der Waals surface area contributed by atoms with Crippen molar-refractivity contribution in [3.63, 3.8) is 0 Å². The molecule has 0 saturated carbocycles. The van der Waals surface area contributed by atoms with Crippen molar-refractivity contribution in [1.82, 2.24) is 18.2 Å². The monoisotopic (exact) mass is 551 g/mol. The molecule has 0 aliphatic carbocycles. The van der Waals surface area contributed by atoms with Crippen molar-refractivity contribution < 1.29 is 17.4 Å². The number of hydrogen-bond donors (Lipinski definition) is 1. The normalized spacial score (nSPS) is 15.9. The SMILES string of the molecule is Cc1ccc(S(=O)N2CCC(C(=O)CNc3cnc4c(ccn4S(=O)(=O)c4ccc(C)cc4)n3)CC2)cc1. The van der Waals surface area contributed by atoms with Crippen LogP contribution in [0.2, 0.25) is 0 Å². The maximum absolute atomic E-state index is 13.1.